The van der Waals surface area contributed by atoms with E-state index in [1.54, 1.807) is 6.07 Å². The Morgan fingerprint density at radius 1 is 1.50 bits per heavy atom. The van der Waals surface area contributed by atoms with E-state index in [9.17, 15) is 9.18 Å². The summed E-state index contributed by atoms with van der Waals surface area (Å²) in [6.45, 7) is 2.68. The van der Waals surface area contributed by atoms with Crippen molar-refractivity contribution in [3.63, 3.8) is 0 Å². The Morgan fingerprint density at radius 3 is 2.94 bits per heavy atom. The van der Waals surface area contributed by atoms with Gasteiger partial charge in [-0.3, -0.25) is 4.79 Å². The summed E-state index contributed by atoms with van der Waals surface area (Å²) in [7, 11) is 0. The predicted molar refractivity (Wildman–Crippen MR) is 70.9 cm³/mol. The molecule has 1 aromatic carbocycles. The molecule has 0 N–H and O–H groups in total. The van der Waals surface area contributed by atoms with Gasteiger partial charge in [0.05, 0.1) is 6.10 Å². The van der Waals surface area contributed by atoms with Crippen LogP contribution in [0.3, 0.4) is 0 Å². The number of halogens is 2. The third-order valence-corrected chi connectivity index (χ3v) is 3.78. The summed E-state index contributed by atoms with van der Waals surface area (Å²) >= 11 is 3.24. The van der Waals surface area contributed by atoms with Gasteiger partial charge in [-0.15, -0.1) is 0 Å². The number of carbonyl (C=O) groups is 1. The number of rotatable bonds is 4. The molecule has 0 aliphatic carbocycles. The zero-order chi connectivity index (χ0) is 13.1. The fourth-order valence-corrected chi connectivity index (χ4v) is 2.98. The largest absolute Gasteiger partial charge is 0.377 e. The summed E-state index contributed by atoms with van der Waals surface area (Å²) in [5.74, 6) is -0.198. The molecular weight excluding hydrogens is 299 g/mol. The number of ketones is 1. The quantitative estimate of drug-likeness (QED) is 0.850. The van der Waals surface area contributed by atoms with Crippen LogP contribution in [0, 0.1) is 11.7 Å². The minimum absolute atomic E-state index is 0.0305. The molecule has 1 fully saturated rings. The first-order chi connectivity index (χ1) is 8.60. The molecule has 18 heavy (non-hydrogen) atoms. The second-order valence-corrected chi connectivity index (χ2v) is 5.55. The van der Waals surface area contributed by atoms with E-state index >= 15 is 0 Å². The zero-order valence-corrected chi connectivity index (χ0v) is 11.9. The third-order valence-electron chi connectivity index (χ3n) is 3.33. The van der Waals surface area contributed by atoms with Gasteiger partial charge >= 0.3 is 0 Å². The molecule has 0 amide bonds. The van der Waals surface area contributed by atoms with Crippen molar-refractivity contribution in [2.24, 2.45) is 5.92 Å². The maximum Gasteiger partial charge on any atom is 0.143 e. The lowest BCUT2D eigenvalue weighted by Gasteiger charge is -2.15. The maximum absolute atomic E-state index is 13.2. The van der Waals surface area contributed by atoms with E-state index in [4.69, 9.17) is 4.74 Å². The van der Waals surface area contributed by atoms with Crippen molar-refractivity contribution in [1.82, 2.24) is 0 Å². The summed E-state index contributed by atoms with van der Waals surface area (Å²) in [5.41, 5.74) is 0.716. The molecule has 2 unspecified atom stereocenters. The molecule has 1 aromatic rings. The zero-order valence-electron chi connectivity index (χ0n) is 10.3. The summed E-state index contributed by atoms with van der Waals surface area (Å²) in [5, 5.41) is 0. The highest BCUT2D eigenvalue weighted by molar-refractivity contribution is 9.10. The normalized spacial score (nSPS) is 23.3. The number of Topliss-reactive ketones (excluding diaryl/α,β-unsaturated/α-hetero) is 1. The van der Waals surface area contributed by atoms with Crippen LogP contribution in [0.5, 0.6) is 0 Å². The molecule has 1 saturated heterocycles. The Hall–Kier alpha value is -0.740. The fraction of sp³-hybridized carbons (Fsp3) is 0.500. The van der Waals surface area contributed by atoms with Gasteiger partial charge in [0.2, 0.25) is 0 Å². The van der Waals surface area contributed by atoms with Crippen LogP contribution >= 0.6 is 15.9 Å². The SMILES string of the molecule is CCC1OCCC1C(=O)Cc1cc(F)cc(Br)c1. The molecule has 0 saturated carbocycles. The van der Waals surface area contributed by atoms with Crippen LogP contribution in [0.25, 0.3) is 0 Å². The van der Waals surface area contributed by atoms with E-state index in [0.717, 1.165) is 12.8 Å². The number of hydrogen-bond acceptors (Lipinski definition) is 2. The molecule has 0 spiro atoms. The first-order valence-corrected chi connectivity index (χ1v) is 6.98. The van der Waals surface area contributed by atoms with Crippen LogP contribution < -0.4 is 0 Å². The Labute approximate surface area is 115 Å². The van der Waals surface area contributed by atoms with Crippen molar-refractivity contribution in [3.8, 4) is 0 Å². The molecule has 2 atom stereocenters. The van der Waals surface area contributed by atoms with Crippen LogP contribution in [0.15, 0.2) is 22.7 Å². The smallest absolute Gasteiger partial charge is 0.143 e. The van der Waals surface area contributed by atoms with E-state index in [-0.39, 0.29) is 30.0 Å². The van der Waals surface area contributed by atoms with Gasteiger partial charge in [0.25, 0.3) is 0 Å². The Balaban J connectivity index is 2.06. The molecule has 2 rings (SSSR count). The van der Waals surface area contributed by atoms with Gasteiger partial charge in [0.1, 0.15) is 11.6 Å². The molecular formula is C14H16BrFO2. The van der Waals surface area contributed by atoms with E-state index < -0.39 is 0 Å². The van der Waals surface area contributed by atoms with Crippen LogP contribution in [-0.2, 0) is 16.0 Å². The van der Waals surface area contributed by atoms with E-state index in [1.807, 2.05) is 6.92 Å². The van der Waals surface area contributed by atoms with E-state index in [0.29, 0.717) is 16.6 Å². The highest BCUT2D eigenvalue weighted by atomic mass is 79.9. The lowest BCUT2D eigenvalue weighted by atomic mass is 9.91. The molecule has 0 radical (unpaired) electrons. The molecule has 1 aliphatic rings. The van der Waals surface area contributed by atoms with Gasteiger partial charge in [-0.05, 0) is 36.6 Å². The van der Waals surface area contributed by atoms with Crippen LogP contribution in [0.4, 0.5) is 4.39 Å². The average Bonchev–Trinajstić information content (AvgIpc) is 2.75. The van der Waals surface area contributed by atoms with Gasteiger partial charge in [-0.25, -0.2) is 4.39 Å². The minimum Gasteiger partial charge on any atom is -0.377 e. The minimum atomic E-state index is -0.318. The average molecular weight is 315 g/mol. The molecule has 4 heteroatoms. The lowest BCUT2D eigenvalue weighted by molar-refractivity contribution is -0.123. The number of carbonyl (C=O) groups excluding carboxylic acids is 1. The van der Waals surface area contributed by atoms with Gasteiger partial charge in [-0.1, -0.05) is 22.9 Å². The maximum atomic E-state index is 13.2. The van der Waals surface area contributed by atoms with Crippen molar-refractivity contribution < 1.29 is 13.9 Å². The molecule has 2 nitrogen and oxygen atoms in total. The molecule has 98 valence electrons. The van der Waals surface area contributed by atoms with Crippen molar-refractivity contribution in [2.45, 2.75) is 32.3 Å². The highest BCUT2D eigenvalue weighted by Gasteiger charge is 2.32. The van der Waals surface area contributed by atoms with Gasteiger partial charge in [-0.2, -0.15) is 0 Å². The molecule has 1 heterocycles. The van der Waals surface area contributed by atoms with E-state index in [2.05, 4.69) is 15.9 Å². The molecule has 1 aliphatic heterocycles. The molecule has 0 bridgehead atoms. The summed E-state index contributed by atoms with van der Waals surface area (Å²) in [4.78, 5) is 12.2. The summed E-state index contributed by atoms with van der Waals surface area (Å²) < 4.78 is 19.4. The van der Waals surface area contributed by atoms with Gasteiger partial charge < -0.3 is 4.74 Å². The van der Waals surface area contributed by atoms with Crippen molar-refractivity contribution in [1.29, 1.82) is 0 Å². The number of benzene rings is 1. The number of hydrogen-bond donors (Lipinski definition) is 0. The Morgan fingerprint density at radius 2 is 2.28 bits per heavy atom. The van der Waals surface area contributed by atoms with E-state index in [1.165, 1.54) is 12.1 Å². The summed E-state index contributed by atoms with van der Waals surface area (Å²) in [6, 6.07) is 4.60. The van der Waals surface area contributed by atoms with Crippen LogP contribution in [0.1, 0.15) is 25.3 Å². The van der Waals surface area contributed by atoms with Gasteiger partial charge in [0.15, 0.2) is 0 Å². The highest BCUT2D eigenvalue weighted by Crippen LogP contribution is 2.26. The lowest BCUT2D eigenvalue weighted by Crippen LogP contribution is -2.25. The second-order valence-electron chi connectivity index (χ2n) is 4.63. The van der Waals surface area contributed by atoms with Crippen molar-refractivity contribution in [2.75, 3.05) is 6.61 Å². The third kappa shape index (κ3) is 3.18. The second kappa shape index (κ2) is 5.93. The standard InChI is InChI=1S/C14H16BrFO2/c1-2-14-12(3-4-18-14)13(17)7-9-5-10(15)8-11(16)6-9/h5-6,8,12,14H,2-4,7H2,1H3. The van der Waals surface area contributed by atoms with Gasteiger partial charge in [0, 0.05) is 23.4 Å². The molecule has 0 aromatic heterocycles. The van der Waals surface area contributed by atoms with Crippen molar-refractivity contribution in [3.05, 3.63) is 34.1 Å². The van der Waals surface area contributed by atoms with Crippen LogP contribution in [0.2, 0.25) is 0 Å². The number of ether oxygens (including phenoxy) is 1. The van der Waals surface area contributed by atoms with Crippen LogP contribution in [-0.4, -0.2) is 18.5 Å². The Bertz CT molecular complexity index is 427. The topological polar surface area (TPSA) is 26.3 Å². The monoisotopic (exact) mass is 314 g/mol. The first-order valence-electron chi connectivity index (χ1n) is 6.19. The Kier molecular flexibility index (Phi) is 4.51. The van der Waals surface area contributed by atoms with Crippen molar-refractivity contribution >= 4 is 21.7 Å². The fourth-order valence-electron chi connectivity index (χ4n) is 2.46. The first kappa shape index (κ1) is 13.7. The predicted octanol–water partition coefficient (Wildman–Crippen LogP) is 3.51. The summed E-state index contributed by atoms with van der Waals surface area (Å²) in [6.07, 6.45) is 1.95.